The Morgan fingerprint density at radius 3 is 2.62 bits per heavy atom. The molecule has 0 aliphatic heterocycles. The molecule has 2 N–H and O–H groups in total. The normalized spacial score (nSPS) is 10.5. The number of fused-ring (bicyclic) bond motifs is 1. The number of pyridine rings is 1. The Kier molecular flexibility index (Phi) is 3.58. The van der Waals surface area contributed by atoms with Crippen LogP contribution in [0.2, 0.25) is 0 Å². The number of anilines is 2. The number of carboxylic acids is 1. The number of carboxylic acid groups (broad SMARTS) is 1. The molecule has 0 aliphatic rings. The molecule has 1 aromatic heterocycles. The topological polar surface area (TPSA) is 62.2 Å². The fourth-order valence-electron chi connectivity index (χ4n) is 2.13. The zero-order chi connectivity index (χ0) is 14.8. The van der Waals surface area contributed by atoms with Crippen LogP contribution in [0.4, 0.5) is 11.4 Å². The Labute approximate surface area is 129 Å². The van der Waals surface area contributed by atoms with Crippen LogP contribution in [0.1, 0.15) is 10.4 Å². The molecule has 3 rings (SSSR count). The maximum atomic E-state index is 11.4. The van der Waals surface area contributed by atoms with Crippen LogP contribution in [0, 0.1) is 0 Å². The molecule has 4 nitrogen and oxygen atoms in total. The van der Waals surface area contributed by atoms with E-state index in [1.165, 1.54) is 6.20 Å². The highest BCUT2D eigenvalue weighted by atomic mass is 79.9. The van der Waals surface area contributed by atoms with E-state index in [0.717, 1.165) is 21.1 Å². The Morgan fingerprint density at radius 2 is 1.90 bits per heavy atom. The monoisotopic (exact) mass is 342 g/mol. The van der Waals surface area contributed by atoms with Gasteiger partial charge >= 0.3 is 5.97 Å². The predicted octanol–water partition coefficient (Wildman–Crippen LogP) is 4.44. The Balaban J connectivity index is 2.23. The molecule has 0 aliphatic carbocycles. The molecule has 0 spiro atoms. The van der Waals surface area contributed by atoms with Crippen molar-refractivity contribution in [3.63, 3.8) is 0 Å². The van der Waals surface area contributed by atoms with Crippen LogP contribution in [0.3, 0.4) is 0 Å². The van der Waals surface area contributed by atoms with Crippen molar-refractivity contribution in [2.45, 2.75) is 0 Å². The number of aromatic nitrogens is 1. The Hall–Kier alpha value is -2.40. The van der Waals surface area contributed by atoms with Gasteiger partial charge in [0.15, 0.2) is 0 Å². The van der Waals surface area contributed by atoms with E-state index >= 15 is 0 Å². The average molecular weight is 343 g/mol. The maximum Gasteiger partial charge on any atom is 0.339 e. The second-order valence-electron chi connectivity index (χ2n) is 4.50. The number of benzene rings is 2. The van der Waals surface area contributed by atoms with Crippen LogP contribution in [0.25, 0.3) is 10.9 Å². The van der Waals surface area contributed by atoms with Crippen LogP contribution in [-0.2, 0) is 0 Å². The number of nitrogens with zero attached hydrogens (tertiary/aromatic N) is 1. The third-order valence-corrected chi connectivity index (χ3v) is 3.60. The number of rotatable bonds is 3. The fourth-order valence-corrected chi connectivity index (χ4v) is 2.49. The summed E-state index contributed by atoms with van der Waals surface area (Å²) in [7, 11) is 0. The molecule has 104 valence electrons. The number of carbonyl (C=O) groups is 1. The zero-order valence-corrected chi connectivity index (χ0v) is 12.5. The fraction of sp³-hybridized carbons (Fsp3) is 0. The Bertz CT molecular complexity index is 819. The van der Waals surface area contributed by atoms with E-state index < -0.39 is 5.97 Å². The number of halogens is 1. The lowest BCUT2D eigenvalue weighted by molar-refractivity contribution is 0.0697. The van der Waals surface area contributed by atoms with Crippen molar-refractivity contribution in [3.05, 3.63) is 64.8 Å². The number of aromatic carboxylic acids is 1. The van der Waals surface area contributed by atoms with Crippen molar-refractivity contribution in [1.29, 1.82) is 0 Å². The second kappa shape index (κ2) is 5.54. The molecule has 0 saturated carbocycles. The summed E-state index contributed by atoms with van der Waals surface area (Å²) in [4.78, 5) is 15.7. The summed E-state index contributed by atoms with van der Waals surface area (Å²) in [5.41, 5.74) is 2.25. The van der Waals surface area contributed by atoms with Gasteiger partial charge in [0.25, 0.3) is 0 Å². The number of para-hydroxylation sites is 1. The first kappa shape index (κ1) is 13.6. The minimum Gasteiger partial charge on any atom is -0.478 e. The van der Waals surface area contributed by atoms with Gasteiger partial charge in [-0.15, -0.1) is 0 Å². The van der Waals surface area contributed by atoms with Gasteiger partial charge < -0.3 is 10.4 Å². The zero-order valence-electron chi connectivity index (χ0n) is 10.9. The van der Waals surface area contributed by atoms with Crippen molar-refractivity contribution < 1.29 is 9.90 Å². The maximum absolute atomic E-state index is 11.4. The summed E-state index contributed by atoms with van der Waals surface area (Å²) in [6, 6.07) is 15.0. The molecule has 1 heterocycles. The van der Waals surface area contributed by atoms with E-state index in [0.29, 0.717) is 5.69 Å². The van der Waals surface area contributed by atoms with Crippen molar-refractivity contribution in [1.82, 2.24) is 4.98 Å². The van der Waals surface area contributed by atoms with Gasteiger partial charge in [-0.25, -0.2) is 4.79 Å². The highest BCUT2D eigenvalue weighted by Gasteiger charge is 2.15. The summed E-state index contributed by atoms with van der Waals surface area (Å²) in [5, 5.41) is 13.3. The summed E-state index contributed by atoms with van der Waals surface area (Å²) < 4.78 is 0.871. The molecule has 2 aromatic carbocycles. The standard InChI is InChI=1S/C16H11BrN2O2/c17-10-6-7-14-12(8-10)15(13(9-18-14)16(20)21)19-11-4-2-1-3-5-11/h1-9H,(H,18,19)(H,20,21). The van der Waals surface area contributed by atoms with Crippen LogP contribution in [0.15, 0.2) is 59.2 Å². The van der Waals surface area contributed by atoms with Crippen LogP contribution >= 0.6 is 15.9 Å². The van der Waals surface area contributed by atoms with Crippen LogP contribution < -0.4 is 5.32 Å². The molecular weight excluding hydrogens is 332 g/mol. The highest BCUT2D eigenvalue weighted by molar-refractivity contribution is 9.10. The first-order chi connectivity index (χ1) is 10.1. The van der Waals surface area contributed by atoms with Crippen molar-refractivity contribution in [2.24, 2.45) is 0 Å². The molecule has 21 heavy (non-hydrogen) atoms. The van der Waals surface area contributed by atoms with Gasteiger partial charge in [-0.05, 0) is 30.3 Å². The first-order valence-corrected chi connectivity index (χ1v) is 7.08. The SMILES string of the molecule is O=C(O)c1cnc2ccc(Br)cc2c1Nc1ccccc1. The third kappa shape index (κ3) is 2.73. The lowest BCUT2D eigenvalue weighted by Gasteiger charge is -2.12. The molecule has 5 heteroatoms. The summed E-state index contributed by atoms with van der Waals surface area (Å²) in [6.45, 7) is 0. The second-order valence-corrected chi connectivity index (χ2v) is 5.42. The molecule has 0 radical (unpaired) electrons. The smallest absolute Gasteiger partial charge is 0.339 e. The molecule has 0 amide bonds. The quantitative estimate of drug-likeness (QED) is 0.738. The van der Waals surface area contributed by atoms with E-state index in [9.17, 15) is 9.90 Å². The van der Waals surface area contributed by atoms with Crippen molar-refractivity contribution >= 4 is 44.2 Å². The lowest BCUT2D eigenvalue weighted by Crippen LogP contribution is -2.04. The van der Waals surface area contributed by atoms with E-state index in [2.05, 4.69) is 26.2 Å². The van der Waals surface area contributed by atoms with Gasteiger partial charge in [-0.2, -0.15) is 0 Å². The van der Waals surface area contributed by atoms with Crippen LogP contribution in [0.5, 0.6) is 0 Å². The van der Waals surface area contributed by atoms with Gasteiger partial charge in [0.05, 0.1) is 11.2 Å². The summed E-state index contributed by atoms with van der Waals surface area (Å²) in [5.74, 6) is -1.01. The van der Waals surface area contributed by atoms with E-state index in [1.807, 2.05) is 48.5 Å². The Morgan fingerprint density at radius 1 is 1.14 bits per heavy atom. The van der Waals surface area contributed by atoms with Gasteiger partial charge in [-0.3, -0.25) is 4.98 Å². The van der Waals surface area contributed by atoms with Gasteiger partial charge in [-0.1, -0.05) is 34.1 Å². The number of nitrogens with one attached hydrogen (secondary N) is 1. The molecular formula is C16H11BrN2O2. The molecule has 0 bridgehead atoms. The van der Waals surface area contributed by atoms with E-state index in [4.69, 9.17) is 0 Å². The molecule has 0 fully saturated rings. The molecule has 0 saturated heterocycles. The molecule has 0 atom stereocenters. The van der Waals surface area contributed by atoms with E-state index in [-0.39, 0.29) is 5.56 Å². The first-order valence-electron chi connectivity index (χ1n) is 6.29. The van der Waals surface area contributed by atoms with Gasteiger partial charge in [0.1, 0.15) is 5.56 Å². The van der Waals surface area contributed by atoms with Crippen LogP contribution in [-0.4, -0.2) is 16.1 Å². The van der Waals surface area contributed by atoms with Crippen molar-refractivity contribution in [3.8, 4) is 0 Å². The number of hydrogen-bond donors (Lipinski definition) is 2. The summed E-state index contributed by atoms with van der Waals surface area (Å²) in [6.07, 6.45) is 1.38. The third-order valence-electron chi connectivity index (χ3n) is 3.10. The lowest BCUT2D eigenvalue weighted by atomic mass is 10.1. The van der Waals surface area contributed by atoms with E-state index in [1.54, 1.807) is 0 Å². The van der Waals surface area contributed by atoms with Gasteiger partial charge in [0, 0.05) is 21.7 Å². The van der Waals surface area contributed by atoms with Crippen molar-refractivity contribution in [2.75, 3.05) is 5.32 Å². The molecule has 0 unspecified atom stereocenters. The average Bonchev–Trinajstić information content (AvgIpc) is 2.48. The molecule has 3 aromatic rings. The van der Waals surface area contributed by atoms with Gasteiger partial charge in [0.2, 0.25) is 0 Å². The largest absolute Gasteiger partial charge is 0.478 e. The predicted molar refractivity (Wildman–Crippen MR) is 86.1 cm³/mol. The summed E-state index contributed by atoms with van der Waals surface area (Å²) >= 11 is 3.41. The number of hydrogen-bond acceptors (Lipinski definition) is 3. The minimum absolute atomic E-state index is 0.143. The highest BCUT2D eigenvalue weighted by Crippen LogP contribution is 2.31. The minimum atomic E-state index is -1.01.